The third-order valence-corrected chi connectivity index (χ3v) is 3.02. The highest BCUT2D eigenvalue weighted by Crippen LogP contribution is 2.11. The van der Waals surface area contributed by atoms with Crippen molar-refractivity contribution >= 4 is 5.91 Å². The molecule has 0 aromatic rings. The van der Waals surface area contributed by atoms with Gasteiger partial charge in [0.05, 0.1) is 24.8 Å². The van der Waals surface area contributed by atoms with Crippen molar-refractivity contribution in [2.75, 3.05) is 26.9 Å². The minimum Gasteiger partial charge on any atom is -0.380 e. The monoisotopic (exact) mass is 214 g/mol. The Bertz CT molecular complexity index is 229. The van der Waals surface area contributed by atoms with Gasteiger partial charge < -0.3 is 20.1 Å². The van der Waals surface area contributed by atoms with Crippen molar-refractivity contribution in [3.05, 3.63) is 0 Å². The molecule has 2 heterocycles. The van der Waals surface area contributed by atoms with Crippen LogP contribution in [0.4, 0.5) is 0 Å². The number of amides is 1. The largest absolute Gasteiger partial charge is 0.380 e. The van der Waals surface area contributed by atoms with Gasteiger partial charge in [0.1, 0.15) is 0 Å². The van der Waals surface area contributed by atoms with Crippen LogP contribution < -0.4 is 10.6 Å². The topological polar surface area (TPSA) is 59.6 Å². The van der Waals surface area contributed by atoms with E-state index in [1.807, 2.05) is 0 Å². The van der Waals surface area contributed by atoms with Gasteiger partial charge in [-0.3, -0.25) is 4.79 Å². The summed E-state index contributed by atoms with van der Waals surface area (Å²) >= 11 is 0. The van der Waals surface area contributed by atoms with E-state index in [2.05, 4.69) is 10.6 Å². The highest BCUT2D eigenvalue weighted by atomic mass is 16.5. The van der Waals surface area contributed by atoms with Crippen molar-refractivity contribution in [2.24, 2.45) is 0 Å². The van der Waals surface area contributed by atoms with Gasteiger partial charge in [-0.2, -0.15) is 0 Å². The number of ether oxygens (including phenoxy) is 2. The third kappa shape index (κ3) is 2.68. The quantitative estimate of drug-likeness (QED) is 0.650. The summed E-state index contributed by atoms with van der Waals surface area (Å²) in [5, 5.41) is 6.14. The maximum absolute atomic E-state index is 11.8. The molecule has 3 atom stereocenters. The minimum atomic E-state index is -0.101. The lowest BCUT2D eigenvalue weighted by Crippen LogP contribution is -2.45. The molecule has 0 aromatic carbocycles. The normalized spacial score (nSPS) is 35.7. The van der Waals surface area contributed by atoms with Gasteiger partial charge in [-0.1, -0.05) is 0 Å². The molecule has 5 heteroatoms. The molecule has 2 aliphatic rings. The molecule has 2 N–H and O–H groups in total. The van der Waals surface area contributed by atoms with Crippen LogP contribution in [0.15, 0.2) is 0 Å². The number of hydrogen-bond acceptors (Lipinski definition) is 4. The van der Waals surface area contributed by atoms with Crippen molar-refractivity contribution in [1.82, 2.24) is 10.6 Å². The fourth-order valence-electron chi connectivity index (χ4n) is 2.03. The molecule has 1 amide bonds. The number of methoxy groups -OCH3 is 1. The Morgan fingerprint density at radius 1 is 1.60 bits per heavy atom. The van der Waals surface area contributed by atoms with E-state index < -0.39 is 0 Å². The number of nitrogens with one attached hydrogen (secondary N) is 2. The molecule has 2 saturated heterocycles. The van der Waals surface area contributed by atoms with Gasteiger partial charge in [0.15, 0.2) is 0 Å². The van der Waals surface area contributed by atoms with E-state index >= 15 is 0 Å². The van der Waals surface area contributed by atoms with Crippen LogP contribution in [0.2, 0.25) is 0 Å². The van der Waals surface area contributed by atoms with Gasteiger partial charge in [-0.25, -0.2) is 0 Å². The Morgan fingerprint density at radius 3 is 3.07 bits per heavy atom. The van der Waals surface area contributed by atoms with E-state index in [-0.39, 0.29) is 24.1 Å². The summed E-state index contributed by atoms with van der Waals surface area (Å²) in [7, 11) is 1.68. The van der Waals surface area contributed by atoms with Crippen LogP contribution in [0.25, 0.3) is 0 Å². The standard InChI is InChI=1S/C10H18N2O3/c1-14-8-4-9(11-5-8)10(13)12-7-2-3-15-6-7/h7-9,11H,2-6H2,1H3,(H,12,13). The number of carbonyl (C=O) groups is 1. The van der Waals surface area contributed by atoms with Crippen molar-refractivity contribution < 1.29 is 14.3 Å². The van der Waals surface area contributed by atoms with Crippen LogP contribution in [-0.4, -0.2) is 51.0 Å². The molecule has 86 valence electrons. The lowest BCUT2D eigenvalue weighted by Gasteiger charge is -2.15. The Hall–Kier alpha value is -0.650. The molecule has 0 bridgehead atoms. The van der Waals surface area contributed by atoms with Gasteiger partial charge in [-0.15, -0.1) is 0 Å². The van der Waals surface area contributed by atoms with E-state index in [0.717, 1.165) is 26.0 Å². The van der Waals surface area contributed by atoms with Gasteiger partial charge in [-0.05, 0) is 12.8 Å². The molecule has 15 heavy (non-hydrogen) atoms. The van der Waals surface area contributed by atoms with Crippen molar-refractivity contribution in [2.45, 2.75) is 31.0 Å². The van der Waals surface area contributed by atoms with Crippen molar-refractivity contribution in [1.29, 1.82) is 0 Å². The molecule has 5 nitrogen and oxygen atoms in total. The van der Waals surface area contributed by atoms with Gasteiger partial charge in [0.2, 0.25) is 5.91 Å². The Kier molecular flexibility index (Phi) is 3.56. The Morgan fingerprint density at radius 2 is 2.47 bits per heavy atom. The molecule has 3 unspecified atom stereocenters. The molecular formula is C10H18N2O3. The second-order valence-electron chi connectivity index (χ2n) is 4.12. The number of rotatable bonds is 3. The van der Waals surface area contributed by atoms with Gasteiger partial charge >= 0.3 is 0 Å². The highest BCUT2D eigenvalue weighted by Gasteiger charge is 2.30. The van der Waals surface area contributed by atoms with Crippen LogP contribution in [0.1, 0.15) is 12.8 Å². The maximum atomic E-state index is 11.8. The fourth-order valence-corrected chi connectivity index (χ4v) is 2.03. The zero-order chi connectivity index (χ0) is 10.7. The summed E-state index contributed by atoms with van der Waals surface area (Å²) in [5.41, 5.74) is 0. The predicted octanol–water partition coefficient (Wildman–Crippen LogP) is -0.732. The van der Waals surface area contributed by atoms with Crippen molar-refractivity contribution in [3.8, 4) is 0 Å². The Balaban J connectivity index is 1.76. The number of hydrogen-bond donors (Lipinski definition) is 2. The molecule has 2 rings (SSSR count). The SMILES string of the molecule is COC1CNC(C(=O)NC2CCOC2)C1. The summed E-state index contributed by atoms with van der Waals surface area (Å²) in [5.74, 6) is 0.0741. The fraction of sp³-hybridized carbons (Fsp3) is 0.900. The van der Waals surface area contributed by atoms with Gasteiger partial charge in [0.25, 0.3) is 0 Å². The second-order valence-corrected chi connectivity index (χ2v) is 4.12. The zero-order valence-corrected chi connectivity index (χ0v) is 8.99. The molecule has 0 radical (unpaired) electrons. The molecule has 0 spiro atoms. The molecular weight excluding hydrogens is 196 g/mol. The first-order chi connectivity index (χ1) is 7.29. The highest BCUT2D eigenvalue weighted by molar-refractivity contribution is 5.82. The summed E-state index contributed by atoms with van der Waals surface area (Å²) in [6.07, 6.45) is 1.85. The van der Waals surface area contributed by atoms with Crippen LogP contribution in [-0.2, 0) is 14.3 Å². The minimum absolute atomic E-state index is 0.0741. The first-order valence-corrected chi connectivity index (χ1v) is 5.44. The third-order valence-electron chi connectivity index (χ3n) is 3.02. The lowest BCUT2D eigenvalue weighted by atomic mass is 10.1. The van der Waals surface area contributed by atoms with E-state index in [4.69, 9.17) is 9.47 Å². The van der Waals surface area contributed by atoms with Crippen LogP contribution in [0.5, 0.6) is 0 Å². The van der Waals surface area contributed by atoms with Gasteiger partial charge in [0, 0.05) is 20.3 Å². The van der Waals surface area contributed by atoms with E-state index in [1.54, 1.807) is 7.11 Å². The van der Waals surface area contributed by atoms with E-state index in [9.17, 15) is 4.79 Å². The average molecular weight is 214 g/mol. The molecule has 0 aromatic heterocycles. The van der Waals surface area contributed by atoms with E-state index in [1.165, 1.54) is 0 Å². The summed E-state index contributed by atoms with van der Waals surface area (Å²) in [6.45, 7) is 2.16. The maximum Gasteiger partial charge on any atom is 0.237 e. The summed E-state index contributed by atoms with van der Waals surface area (Å²) in [6, 6.07) is 0.0939. The van der Waals surface area contributed by atoms with Crippen LogP contribution in [0, 0.1) is 0 Å². The predicted molar refractivity (Wildman–Crippen MR) is 54.6 cm³/mol. The summed E-state index contributed by atoms with van der Waals surface area (Å²) in [4.78, 5) is 11.8. The first kappa shape index (κ1) is 10.9. The Labute approximate surface area is 89.5 Å². The second kappa shape index (κ2) is 4.92. The van der Waals surface area contributed by atoms with E-state index in [0.29, 0.717) is 6.61 Å². The van der Waals surface area contributed by atoms with Crippen LogP contribution >= 0.6 is 0 Å². The molecule has 0 saturated carbocycles. The molecule has 2 aliphatic heterocycles. The zero-order valence-electron chi connectivity index (χ0n) is 8.99. The lowest BCUT2D eigenvalue weighted by molar-refractivity contribution is -0.123. The smallest absolute Gasteiger partial charge is 0.237 e. The van der Waals surface area contributed by atoms with Crippen molar-refractivity contribution in [3.63, 3.8) is 0 Å². The summed E-state index contributed by atoms with van der Waals surface area (Å²) < 4.78 is 10.4. The van der Waals surface area contributed by atoms with Crippen LogP contribution in [0.3, 0.4) is 0 Å². The molecule has 2 fully saturated rings. The number of carbonyl (C=O) groups excluding carboxylic acids is 1. The molecule has 0 aliphatic carbocycles. The average Bonchev–Trinajstić information content (AvgIpc) is 2.86. The first-order valence-electron chi connectivity index (χ1n) is 5.44.